The third-order valence-electron chi connectivity index (χ3n) is 2.44. The fourth-order valence-corrected chi connectivity index (χ4v) is 2.09. The molecule has 0 spiro atoms. The summed E-state index contributed by atoms with van der Waals surface area (Å²) in [5, 5.41) is 12.3. The third-order valence-corrected chi connectivity index (χ3v) is 3.45. The van der Waals surface area contributed by atoms with Crippen molar-refractivity contribution < 1.29 is 9.90 Å². The van der Waals surface area contributed by atoms with Crippen molar-refractivity contribution in [3.05, 3.63) is 29.8 Å². The van der Waals surface area contributed by atoms with Gasteiger partial charge in [0.25, 0.3) is 0 Å². The van der Waals surface area contributed by atoms with Gasteiger partial charge in [0.15, 0.2) is 0 Å². The van der Waals surface area contributed by atoms with Crippen LogP contribution in [0.15, 0.2) is 29.2 Å². The van der Waals surface area contributed by atoms with Crippen molar-refractivity contribution >= 4 is 17.7 Å². The molecule has 1 aromatic carbocycles. The quantitative estimate of drug-likeness (QED) is 0.779. The molecule has 0 aromatic heterocycles. The molecule has 18 heavy (non-hydrogen) atoms. The van der Waals surface area contributed by atoms with E-state index in [1.165, 1.54) is 11.8 Å². The highest BCUT2D eigenvalue weighted by atomic mass is 32.2. The maximum Gasteiger partial charge on any atom is 0.230 e. The van der Waals surface area contributed by atoms with Crippen molar-refractivity contribution in [3.8, 4) is 0 Å². The van der Waals surface area contributed by atoms with Gasteiger partial charge in [-0.25, -0.2) is 0 Å². The van der Waals surface area contributed by atoms with E-state index in [-0.39, 0.29) is 5.91 Å². The van der Waals surface area contributed by atoms with E-state index in [2.05, 4.69) is 19.2 Å². The lowest BCUT2D eigenvalue weighted by atomic mass is 10.1. The number of hydrogen-bond acceptors (Lipinski definition) is 3. The number of rotatable bonds is 6. The molecule has 0 fully saturated rings. The van der Waals surface area contributed by atoms with Gasteiger partial charge in [-0.05, 0) is 30.5 Å². The van der Waals surface area contributed by atoms with Crippen LogP contribution in [0.2, 0.25) is 0 Å². The number of amides is 1. The zero-order valence-corrected chi connectivity index (χ0v) is 12.0. The Labute approximate surface area is 113 Å². The zero-order chi connectivity index (χ0) is 13.5. The van der Waals surface area contributed by atoms with Crippen molar-refractivity contribution in [1.82, 2.24) is 5.32 Å². The predicted molar refractivity (Wildman–Crippen MR) is 75.6 cm³/mol. The Morgan fingerprint density at radius 3 is 2.39 bits per heavy atom. The first-order valence-corrected chi connectivity index (χ1v) is 7.15. The van der Waals surface area contributed by atoms with Gasteiger partial charge in [0.2, 0.25) is 5.91 Å². The molecule has 3 nitrogen and oxygen atoms in total. The highest BCUT2D eigenvalue weighted by Gasteiger charge is 2.04. The van der Waals surface area contributed by atoms with E-state index < -0.39 is 6.10 Å². The molecule has 1 amide bonds. The van der Waals surface area contributed by atoms with Gasteiger partial charge in [-0.15, -0.1) is 11.8 Å². The first kappa shape index (κ1) is 15.1. The Bertz CT molecular complexity index is 374. The molecule has 4 heteroatoms. The van der Waals surface area contributed by atoms with Crippen LogP contribution in [0.1, 0.15) is 32.4 Å². The van der Waals surface area contributed by atoms with Crippen LogP contribution in [0.3, 0.4) is 0 Å². The Balaban J connectivity index is 2.37. The number of carbonyl (C=O) groups excluding carboxylic acids is 1. The van der Waals surface area contributed by atoms with Gasteiger partial charge < -0.3 is 10.4 Å². The monoisotopic (exact) mass is 267 g/mol. The van der Waals surface area contributed by atoms with Gasteiger partial charge in [-0.3, -0.25) is 4.79 Å². The molecule has 0 saturated heterocycles. The van der Waals surface area contributed by atoms with Gasteiger partial charge in [-0.2, -0.15) is 0 Å². The Morgan fingerprint density at radius 2 is 1.89 bits per heavy atom. The van der Waals surface area contributed by atoms with Crippen molar-refractivity contribution in [2.24, 2.45) is 5.92 Å². The van der Waals surface area contributed by atoms with Crippen molar-refractivity contribution in [1.29, 1.82) is 0 Å². The predicted octanol–water partition coefficient (Wildman–Crippen LogP) is 2.60. The molecule has 1 unspecified atom stereocenters. The molecule has 0 bridgehead atoms. The second-order valence-electron chi connectivity index (χ2n) is 4.73. The Hall–Kier alpha value is -1.00. The summed E-state index contributed by atoms with van der Waals surface area (Å²) in [4.78, 5) is 12.6. The number of aliphatic hydroxyl groups excluding tert-OH is 1. The SMILES string of the molecule is CC(C)CNC(=O)CSc1ccc(C(C)O)cc1. The van der Waals surface area contributed by atoms with E-state index in [9.17, 15) is 9.90 Å². The second-order valence-corrected chi connectivity index (χ2v) is 5.78. The van der Waals surface area contributed by atoms with Gasteiger partial charge >= 0.3 is 0 Å². The van der Waals surface area contributed by atoms with Gasteiger partial charge in [0.1, 0.15) is 0 Å². The van der Waals surface area contributed by atoms with E-state index in [1.807, 2.05) is 24.3 Å². The molecule has 1 aromatic rings. The fraction of sp³-hybridized carbons (Fsp3) is 0.500. The van der Waals surface area contributed by atoms with Gasteiger partial charge in [-0.1, -0.05) is 26.0 Å². The zero-order valence-electron chi connectivity index (χ0n) is 11.1. The van der Waals surface area contributed by atoms with E-state index in [0.717, 1.165) is 17.0 Å². The van der Waals surface area contributed by atoms with Crippen LogP contribution in [-0.4, -0.2) is 23.3 Å². The summed E-state index contributed by atoms with van der Waals surface area (Å²) < 4.78 is 0. The van der Waals surface area contributed by atoms with E-state index in [0.29, 0.717) is 11.7 Å². The van der Waals surface area contributed by atoms with Crippen molar-refractivity contribution in [2.45, 2.75) is 31.8 Å². The molecule has 0 aliphatic heterocycles. The number of thioether (sulfide) groups is 1. The lowest BCUT2D eigenvalue weighted by molar-refractivity contribution is -0.118. The molecular weight excluding hydrogens is 246 g/mol. The molecule has 0 saturated carbocycles. The summed E-state index contributed by atoms with van der Waals surface area (Å²) in [7, 11) is 0. The highest BCUT2D eigenvalue weighted by molar-refractivity contribution is 8.00. The summed E-state index contributed by atoms with van der Waals surface area (Å²) >= 11 is 1.51. The number of carbonyl (C=O) groups is 1. The molecule has 2 N–H and O–H groups in total. The first-order chi connectivity index (χ1) is 8.49. The lowest BCUT2D eigenvalue weighted by Gasteiger charge is -2.08. The number of hydrogen-bond donors (Lipinski definition) is 2. The van der Waals surface area contributed by atoms with Gasteiger partial charge in [0.05, 0.1) is 11.9 Å². The molecule has 1 rings (SSSR count). The van der Waals surface area contributed by atoms with Crippen LogP contribution >= 0.6 is 11.8 Å². The minimum absolute atomic E-state index is 0.0632. The van der Waals surface area contributed by atoms with Crippen LogP contribution < -0.4 is 5.32 Å². The number of aliphatic hydroxyl groups is 1. The standard InChI is InChI=1S/C14H21NO2S/c1-10(2)8-15-14(17)9-18-13-6-4-12(5-7-13)11(3)16/h4-7,10-11,16H,8-9H2,1-3H3,(H,15,17). The first-order valence-electron chi connectivity index (χ1n) is 6.16. The molecule has 100 valence electrons. The van der Waals surface area contributed by atoms with E-state index in [4.69, 9.17) is 0 Å². The highest BCUT2D eigenvalue weighted by Crippen LogP contribution is 2.20. The van der Waals surface area contributed by atoms with Crippen LogP contribution in [0.5, 0.6) is 0 Å². The van der Waals surface area contributed by atoms with Crippen LogP contribution in [0.4, 0.5) is 0 Å². The van der Waals surface area contributed by atoms with Crippen LogP contribution in [0.25, 0.3) is 0 Å². The molecular formula is C14H21NO2S. The van der Waals surface area contributed by atoms with Crippen molar-refractivity contribution in [2.75, 3.05) is 12.3 Å². The topological polar surface area (TPSA) is 49.3 Å². The van der Waals surface area contributed by atoms with Crippen molar-refractivity contribution in [3.63, 3.8) is 0 Å². The maximum absolute atomic E-state index is 11.5. The van der Waals surface area contributed by atoms with E-state index in [1.54, 1.807) is 6.92 Å². The molecule has 1 atom stereocenters. The smallest absolute Gasteiger partial charge is 0.230 e. The lowest BCUT2D eigenvalue weighted by Crippen LogP contribution is -2.28. The maximum atomic E-state index is 11.5. The van der Waals surface area contributed by atoms with Gasteiger partial charge in [0, 0.05) is 11.4 Å². The van der Waals surface area contributed by atoms with Crippen LogP contribution in [0, 0.1) is 5.92 Å². The minimum Gasteiger partial charge on any atom is -0.389 e. The summed E-state index contributed by atoms with van der Waals surface area (Å²) in [6.07, 6.45) is -0.446. The molecule has 0 heterocycles. The van der Waals surface area contributed by atoms with E-state index >= 15 is 0 Å². The average Bonchev–Trinajstić information content (AvgIpc) is 2.34. The fourth-order valence-electron chi connectivity index (χ4n) is 1.36. The number of nitrogens with one attached hydrogen (secondary N) is 1. The molecule has 0 aliphatic rings. The second kappa shape index (κ2) is 7.44. The average molecular weight is 267 g/mol. The molecule has 0 radical (unpaired) electrons. The Morgan fingerprint density at radius 1 is 1.28 bits per heavy atom. The summed E-state index contributed by atoms with van der Waals surface area (Å²) in [5.74, 6) is 0.971. The number of benzene rings is 1. The summed E-state index contributed by atoms with van der Waals surface area (Å²) in [5.41, 5.74) is 0.892. The summed E-state index contributed by atoms with van der Waals surface area (Å²) in [6, 6.07) is 7.64. The third kappa shape index (κ3) is 5.56. The molecule has 0 aliphatic carbocycles. The summed E-state index contributed by atoms with van der Waals surface area (Å²) in [6.45, 7) is 6.60. The minimum atomic E-state index is -0.446. The Kier molecular flexibility index (Phi) is 6.22. The van der Waals surface area contributed by atoms with Crippen LogP contribution in [-0.2, 0) is 4.79 Å². The largest absolute Gasteiger partial charge is 0.389 e. The normalized spacial score (nSPS) is 12.5.